The van der Waals surface area contributed by atoms with Crippen LogP contribution in [0.15, 0.2) is 11.0 Å². The Bertz CT molecular complexity index is 1070. The van der Waals surface area contributed by atoms with Gasteiger partial charge in [-0.05, 0) is 40.0 Å². The molecule has 0 unspecified atom stereocenters. The third-order valence-electron chi connectivity index (χ3n) is 5.05. The molecule has 0 bridgehead atoms. The van der Waals surface area contributed by atoms with Crippen molar-refractivity contribution in [3.05, 3.63) is 17.7 Å². The maximum atomic E-state index is 11.1. The van der Waals surface area contributed by atoms with Crippen molar-refractivity contribution in [1.29, 1.82) is 0 Å². The van der Waals surface area contributed by atoms with Gasteiger partial charge in [0.1, 0.15) is 11.4 Å². The standard InChI is InChI=1S/C19H26N8O3/c1-11-13(25-30-24-11)9-27-10-20-15-16(26-6-5-12(8-26)7-14(28)29)21-18(22-17(15)27)23-19(2,3)4/h10,12H,5-9H2,1-4H3,(H,28,29)(H,21,22,23)/t12-/m0/s1. The number of fused-ring (bicyclic) bond motifs is 1. The average molecular weight is 414 g/mol. The van der Waals surface area contributed by atoms with E-state index in [-0.39, 0.29) is 17.9 Å². The van der Waals surface area contributed by atoms with Crippen molar-refractivity contribution in [2.75, 3.05) is 23.3 Å². The summed E-state index contributed by atoms with van der Waals surface area (Å²) in [6.45, 7) is 9.76. The van der Waals surface area contributed by atoms with E-state index in [4.69, 9.17) is 19.7 Å². The number of carboxylic acid groups (broad SMARTS) is 1. The minimum absolute atomic E-state index is 0.0949. The van der Waals surface area contributed by atoms with Crippen molar-refractivity contribution in [1.82, 2.24) is 29.8 Å². The number of nitrogens with zero attached hydrogens (tertiary/aromatic N) is 7. The first kappa shape index (κ1) is 20.0. The Morgan fingerprint density at radius 1 is 1.33 bits per heavy atom. The van der Waals surface area contributed by atoms with Gasteiger partial charge in [0.2, 0.25) is 5.95 Å². The van der Waals surface area contributed by atoms with Crippen LogP contribution in [0.3, 0.4) is 0 Å². The normalized spacial score (nSPS) is 17.1. The maximum absolute atomic E-state index is 11.1. The minimum Gasteiger partial charge on any atom is -0.481 e. The van der Waals surface area contributed by atoms with Gasteiger partial charge >= 0.3 is 5.97 Å². The van der Waals surface area contributed by atoms with Gasteiger partial charge in [-0.3, -0.25) is 4.79 Å². The molecule has 0 radical (unpaired) electrons. The summed E-state index contributed by atoms with van der Waals surface area (Å²) in [6, 6.07) is 0. The van der Waals surface area contributed by atoms with Crippen molar-refractivity contribution < 1.29 is 14.5 Å². The molecule has 2 N–H and O–H groups in total. The molecule has 0 aromatic carbocycles. The number of imidazole rings is 1. The van der Waals surface area contributed by atoms with Crippen LogP contribution in [-0.2, 0) is 11.3 Å². The summed E-state index contributed by atoms with van der Waals surface area (Å²) in [5, 5.41) is 20.3. The highest BCUT2D eigenvalue weighted by Crippen LogP contribution is 2.31. The van der Waals surface area contributed by atoms with E-state index in [1.54, 1.807) is 6.33 Å². The first-order valence-corrected chi connectivity index (χ1v) is 9.95. The van der Waals surface area contributed by atoms with Gasteiger partial charge in [0.05, 0.1) is 12.9 Å². The summed E-state index contributed by atoms with van der Waals surface area (Å²) in [6.07, 6.45) is 2.68. The van der Waals surface area contributed by atoms with Crippen LogP contribution in [0.1, 0.15) is 45.0 Å². The molecule has 1 fully saturated rings. The van der Waals surface area contributed by atoms with Crippen LogP contribution in [-0.4, -0.2) is 59.5 Å². The van der Waals surface area contributed by atoms with E-state index in [2.05, 4.69) is 25.5 Å². The number of rotatable bonds is 6. The zero-order valence-corrected chi connectivity index (χ0v) is 17.6. The molecule has 1 aliphatic heterocycles. The third kappa shape index (κ3) is 4.19. The van der Waals surface area contributed by atoms with Crippen molar-refractivity contribution in [3.63, 3.8) is 0 Å². The SMILES string of the molecule is Cc1nonc1Cn1cnc2c(N3CC[C@@H](CC(=O)O)C3)nc(NC(C)(C)C)nc21. The fourth-order valence-electron chi connectivity index (χ4n) is 3.65. The second-order valence-corrected chi connectivity index (χ2v) is 8.79. The van der Waals surface area contributed by atoms with Crippen LogP contribution in [0.25, 0.3) is 11.2 Å². The average Bonchev–Trinajstić information content (AvgIpc) is 3.35. The number of aliphatic carboxylic acids is 1. The lowest BCUT2D eigenvalue weighted by Crippen LogP contribution is -2.29. The zero-order valence-electron chi connectivity index (χ0n) is 17.6. The first-order chi connectivity index (χ1) is 14.2. The van der Waals surface area contributed by atoms with E-state index in [0.717, 1.165) is 18.7 Å². The number of nitrogens with one attached hydrogen (secondary N) is 1. The van der Waals surface area contributed by atoms with Gasteiger partial charge in [-0.15, -0.1) is 0 Å². The Balaban J connectivity index is 1.73. The minimum atomic E-state index is -0.773. The van der Waals surface area contributed by atoms with Crippen LogP contribution in [0, 0.1) is 12.8 Å². The summed E-state index contributed by atoms with van der Waals surface area (Å²) < 4.78 is 6.70. The molecule has 160 valence electrons. The van der Waals surface area contributed by atoms with Gasteiger partial charge in [-0.1, -0.05) is 10.3 Å². The van der Waals surface area contributed by atoms with E-state index in [0.29, 0.717) is 41.7 Å². The lowest BCUT2D eigenvalue weighted by Gasteiger charge is -2.23. The number of aromatic nitrogens is 6. The molecule has 1 atom stereocenters. The summed E-state index contributed by atoms with van der Waals surface area (Å²) >= 11 is 0. The molecule has 11 nitrogen and oxygen atoms in total. The fourth-order valence-corrected chi connectivity index (χ4v) is 3.65. The van der Waals surface area contributed by atoms with Gasteiger partial charge in [0.25, 0.3) is 0 Å². The molecule has 3 aromatic heterocycles. The lowest BCUT2D eigenvalue weighted by atomic mass is 10.1. The molecule has 11 heteroatoms. The van der Waals surface area contributed by atoms with E-state index < -0.39 is 5.97 Å². The molecule has 3 aromatic rings. The van der Waals surface area contributed by atoms with Crippen molar-refractivity contribution in [2.45, 2.75) is 52.6 Å². The highest BCUT2D eigenvalue weighted by atomic mass is 16.6. The quantitative estimate of drug-likeness (QED) is 0.617. The molecule has 0 spiro atoms. The highest BCUT2D eigenvalue weighted by molar-refractivity contribution is 5.85. The predicted molar refractivity (Wildman–Crippen MR) is 109 cm³/mol. The second kappa shape index (κ2) is 7.54. The summed E-state index contributed by atoms with van der Waals surface area (Å²) in [5.41, 5.74) is 2.56. The van der Waals surface area contributed by atoms with Crippen molar-refractivity contribution in [2.24, 2.45) is 5.92 Å². The molecular weight excluding hydrogens is 388 g/mol. The Labute approximate surface area is 173 Å². The number of anilines is 2. The van der Waals surface area contributed by atoms with Crippen molar-refractivity contribution >= 4 is 28.9 Å². The topological polar surface area (TPSA) is 135 Å². The molecule has 1 aliphatic rings. The largest absolute Gasteiger partial charge is 0.481 e. The highest BCUT2D eigenvalue weighted by Gasteiger charge is 2.29. The molecule has 0 aliphatic carbocycles. The molecule has 0 amide bonds. The smallest absolute Gasteiger partial charge is 0.303 e. The monoisotopic (exact) mass is 414 g/mol. The van der Waals surface area contributed by atoms with Crippen molar-refractivity contribution in [3.8, 4) is 0 Å². The van der Waals surface area contributed by atoms with Gasteiger partial charge in [0.15, 0.2) is 17.0 Å². The molecule has 30 heavy (non-hydrogen) atoms. The summed E-state index contributed by atoms with van der Waals surface area (Å²) in [4.78, 5) is 27.2. The van der Waals surface area contributed by atoms with Gasteiger partial charge in [-0.25, -0.2) is 9.61 Å². The maximum Gasteiger partial charge on any atom is 0.303 e. The first-order valence-electron chi connectivity index (χ1n) is 9.95. The second-order valence-electron chi connectivity index (χ2n) is 8.79. The van der Waals surface area contributed by atoms with Crippen LogP contribution < -0.4 is 10.2 Å². The Kier molecular flexibility index (Phi) is 5.04. The van der Waals surface area contributed by atoms with Crippen LogP contribution in [0.2, 0.25) is 0 Å². The molecular formula is C19H26N8O3. The van der Waals surface area contributed by atoms with Gasteiger partial charge in [-0.2, -0.15) is 9.97 Å². The Morgan fingerprint density at radius 2 is 2.13 bits per heavy atom. The number of hydrogen-bond donors (Lipinski definition) is 2. The molecule has 4 heterocycles. The Hall–Kier alpha value is -3.24. The summed E-state index contributed by atoms with van der Waals surface area (Å²) in [7, 11) is 0. The number of hydrogen-bond acceptors (Lipinski definition) is 9. The molecule has 1 saturated heterocycles. The summed E-state index contributed by atoms with van der Waals surface area (Å²) in [5.74, 6) is 0.542. The van der Waals surface area contributed by atoms with E-state index in [1.165, 1.54) is 0 Å². The van der Waals surface area contributed by atoms with E-state index >= 15 is 0 Å². The number of aryl methyl sites for hydroxylation is 1. The predicted octanol–water partition coefficient (Wildman–Crippen LogP) is 2.08. The lowest BCUT2D eigenvalue weighted by molar-refractivity contribution is -0.137. The third-order valence-corrected chi connectivity index (χ3v) is 5.05. The van der Waals surface area contributed by atoms with Crippen LogP contribution >= 0.6 is 0 Å². The zero-order chi connectivity index (χ0) is 21.5. The van der Waals surface area contributed by atoms with Gasteiger partial charge < -0.3 is 19.9 Å². The van der Waals surface area contributed by atoms with Gasteiger partial charge in [0, 0.05) is 25.0 Å². The Morgan fingerprint density at radius 3 is 2.80 bits per heavy atom. The number of carbonyl (C=O) groups is 1. The number of carboxylic acids is 1. The van der Waals surface area contributed by atoms with Crippen LogP contribution in [0.4, 0.5) is 11.8 Å². The van der Waals surface area contributed by atoms with E-state index in [9.17, 15) is 4.79 Å². The molecule has 0 saturated carbocycles. The van der Waals surface area contributed by atoms with E-state index in [1.807, 2.05) is 32.3 Å². The van der Waals surface area contributed by atoms with Crippen LogP contribution in [0.5, 0.6) is 0 Å². The molecule has 4 rings (SSSR count). The fraction of sp³-hybridized carbons (Fsp3) is 0.579.